The molecule has 0 aromatic rings. The van der Waals surface area contributed by atoms with Crippen LogP contribution in [0.2, 0.25) is 0 Å². The smallest absolute Gasteiger partial charge is 0.0737 e. The van der Waals surface area contributed by atoms with Gasteiger partial charge >= 0.3 is 0 Å². The molecule has 1 unspecified atom stereocenters. The predicted octanol–water partition coefficient (Wildman–Crippen LogP) is 1.05. The van der Waals surface area contributed by atoms with E-state index in [4.69, 9.17) is 10.5 Å². The molecule has 0 aromatic heterocycles. The molecule has 0 bridgehead atoms. The fraction of sp³-hybridized carbons (Fsp3) is 1.00. The molecule has 2 aliphatic rings. The van der Waals surface area contributed by atoms with Gasteiger partial charge < -0.3 is 15.6 Å². The zero-order valence-corrected chi connectivity index (χ0v) is 8.80. The molecule has 1 aliphatic carbocycles. The standard InChI is InChI=1S/C11H21NO2/c12-8-10(4-3-7-14-9-10)11(13)5-1-2-6-11/h13H,1-9,12H2. The van der Waals surface area contributed by atoms with E-state index in [9.17, 15) is 5.11 Å². The molecule has 1 aliphatic heterocycles. The van der Waals surface area contributed by atoms with Gasteiger partial charge in [0.05, 0.1) is 12.2 Å². The van der Waals surface area contributed by atoms with Crippen LogP contribution >= 0.6 is 0 Å². The Bertz CT molecular complexity index is 193. The van der Waals surface area contributed by atoms with E-state index >= 15 is 0 Å². The van der Waals surface area contributed by atoms with Crippen LogP contribution in [0.5, 0.6) is 0 Å². The molecule has 0 spiro atoms. The van der Waals surface area contributed by atoms with Gasteiger partial charge in [0.2, 0.25) is 0 Å². The number of nitrogens with two attached hydrogens (primary N) is 1. The first kappa shape index (κ1) is 10.4. The summed E-state index contributed by atoms with van der Waals surface area (Å²) in [5.74, 6) is 0. The number of aliphatic hydroxyl groups is 1. The van der Waals surface area contributed by atoms with Gasteiger partial charge in [0.1, 0.15) is 0 Å². The lowest BCUT2D eigenvalue weighted by atomic mass is 9.67. The van der Waals surface area contributed by atoms with E-state index in [2.05, 4.69) is 0 Å². The van der Waals surface area contributed by atoms with Crippen molar-refractivity contribution >= 4 is 0 Å². The summed E-state index contributed by atoms with van der Waals surface area (Å²) in [5.41, 5.74) is 5.17. The molecule has 0 amide bonds. The molecule has 2 fully saturated rings. The van der Waals surface area contributed by atoms with Crippen molar-refractivity contribution in [2.75, 3.05) is 19.8 Å². The third-order valence-electron chi connectivity index (χ3n) is 4.13. The summed E-state index contributed by atoms with van der Waals surface area (Å²) in [6.07, 6.45) is 6.16. The van der Waals surface area contributed by atoms with Gasteiger partial charge in [0, 0.05) is 18.6 Å². The van der Waals surface area contributed by atoms with Gasteiger partial charge in [-0.3, -0.25) is 0 Å². The molecule has 3 nitrogen and oxygen atoms in total. The third-order valence-corrected chi connectivity index (χ3v) is 4.13. The Labute approximate surface area is 85.6 Å². The van der Waals surface area contributed by atoms with Crippen LogP contribution in [0.15, 0.2) is 0 Å². The van der Waals surface area contributed by atoms with Crippen LogP contribution in [0.1, 0.15) is 38.5 Å². The van der Waals surface area contributed by atoms with Gasteiger partial charge in [0.15, 0.2) is 0 Å². The van der Waals surface area contributed by atoms with E-state index in [1.54, 1.807) is 0 Å². The molecular weight excluding hydrogens is 178 g/mol. The number of rotatable bonds is 2. The molecule has 1 saturated carbocycles. The molecular formula is C11H21NO2. The zero-order valence-electron chi connectivity index (χ0n) is 8.80. The zero-order chi connectivity index (χ0) is 10.1. The lowest BCUT2D eigenvalue weighted by Crippen LogP contribution is -2.55. The monoisotopic (exact) mass is 199 g/mol. The van der Waals surface area contributed by atoms with Crippen molar-refractivity contribution in [1.82, 2.24) is 0 Å². The van der Waals surface area contributed by atoms with Crippen molar-refractivity contribution in [2.45, 2.75) is 44.1 Å². The van der Waals surface area contributed by atoms with Crippen molar-refractivity contribution in [3.8, 4) is 0 Å². The highest BCUT2D eigenvalue weighted by molar-refractivity contribution is 5.03. The summed E-state index contributed by atoms with van der Waals surface area (Å²) in [6, 6.07) is 0. The van der Waals surface area contributed by atoms with Crippen LogP contribution < -0.4 is 5.73 Å². The van der Waals surface area contributed by atoms with Crippen molar-refractivity contribution < 1.29 is 9.84 Å². The quantitative estimate of drug-likeness (QED) is 0.699. The van der Waals surface area contributed by atoms with E-state index in [-0.39, 0.29) is 5.41 Å². The van der Waals surface area contributed by atoms with Gasteiger partial charge in [-0.2, -0.15) is 0 Å². The molecule has 82 valence electrons. The fourth-order valence-electron chi connectivity index (χ4n) is 3.06. The average Bonchev–Trinajstić information content (AvgIpc) is 2.68. The first-order valence-electron chi connectivity index (χ1n) is 5.73. The van der Waals surface area contributed by atoms with Crippen LogP contribution in [-0.2, 0) is 4.74 Å². The maximum absolute atomic E-state index is 10.6. The minimum Gasteiger partial charge on any atom is -0.389 e. The second kappa shape index (κ2) is 3.80. The van der Waals surface area contributed by atoms with E-state index < -0.39 is 5.60 Å². The first-order valence-corrected chi connectivity index (χ1v) is 5.73. The molecule has 3 N–H and O–H groups in total. The molecule has 0 aromatic carbocycles. The third kappa shape index (κ3) is 1.47. The van der Waals surface area contributed by atoms with E-state index in [0.29, 0.717) is 13.2 Å². The lowest BCUT2D eigenvalue weighted by Gasteiger charge is -2.47. The molecule has 1 heterocycles. The summed E-state index contributed by atoms with van der Waals surface area (Å²) in [7, 11) is 0. The normalized spacial score (nSPS) is 37.3. The number of hydrogen-bond donors (Lipinski definition) is 2. The topological polar surface area (TPSA) is 55.5 Å². The molecule has 1 saturated heterocycles. The van der Waals surface area contributed by atoms with E-state index in [0.717, 1.165) is 45.1 Å². The second-order valence-electron chi connectivity index (χ2n) is 4.88. The van der Waals surface area contributed by atoms with Gasteiger partial charge in [0.25, 0.3) is 0 Å². The highest BCUT2D eigenvalue weighted by Crippen LogP contribution is 2.47. The van der Waals surface area contributed by atoms with Crippen molar-refractivity contribution in [1.29, 1.82) is 0 Å². The summed E-state index contributed by atoms with van der Waals surface area (Å²) < 4.78 is 5.51. The number of ether oxygens (including phenoxy) is 1. The highest BCUT2D eigenvalue weighted by atomic mass is 16.5. The highest BCUT2D eigenvalue weighted by Gasteiger charge is 2.51. The molecule has 14 heavy (non-hydrogen) atoms. The van der Waals surface area contributed by atoms with Crippen molar-refractivity contribution in [3.05, 3.63) is 0 Å². The lowest BCUT2D eigenvalue weighted by molar-refractivity contribution is -0.139. The Kier molecular flexibility index (Phi) is 2.82. The Hall–Kier alpha value is -0.120. The van der Waals surface area contributed by atoms with Crippen LogP contribution in [0.25, 0.3) is 0 Å². The van der Waals surface area contributed by atoms with E-state index in [1.807, 2.05) is 0 Å². The van der Waals surface area contributed by atoms with Gasteiger partial charge in [-0.05, 0) is 25.7 Å². The van der Waals surface area contributed by atoms with Gasteiger partial charge in [-0.25, -0.2) is 0 Å². The summed E-state index contributed by atoms with van der Waals surface area (Å²) >= 11 is 0. The number of hydrogen-bond acceptors (Lipinski definition) is 3. The molecule has 2 rings (SSSR count). The summed E-state index contributed by atoms with van der Waals surface area (Å²) in [5, 5.41) is 10.6. The largest absolute Gasteiger partial charge is 0.389 e. The minimum absolute atomic E-state index is 0.151. The van der Waals surface area contributed by atoms with Crippen molar-refractivity contribution in [3.63, 3.8) is 0 Å². The van der Waals surface area contributed by atoms with Gasteiger partial charge in [-0.15, -0.1) is 0 Å². The van der Waals surface area contributed by atoms with Crippen molar-refractivity contribution in [2.24, 2.45) is 11.1 Å². The molecule has 1 atom stereocenters. The molecule has 0 radical (unpaired) electrons. The van der Waals surface area contributed by atoms with Crippen LogP contribution in [-0.4, -0.2) is 30.5 Å². The minimum atomic E-state index is -0.540. The Morgan fingerprint density at radius 3 is 2.36 bits per heavy atom. The second-order valence-corrected chi connectivity index (χ2v) is 4.88. The maximum atomic E-state index is 10.6. The first-order chi connectivity index (χ1) is 6.72. The Balaban J connectivity index is 2.16. The molecule has 3 heteroatoms. The Morgan fingerprint density at radius 2 is 1.86 bits per heavy atom. The average molecular weight is 199 g/mol. The van der Waals surface area contributed by atoms with Crippen LogP contribution in [0.4, 0.5) is 0 Å². The summed E-state index contributed by atoms with van der Waals surface area (Å²) in [6.45, 7) is 2.04. The van der Waals surface area contributed by atoms with E-state index in [1.165, 1.54) is 0 Å². The van der Waals surface area contributed by atoms with Crippen LogP contribution in [0, 0.1) is 5.41 Å². The maximum Gasteiger partial charge on any atom is 0.0737 e. The Morgan fingerprint density at radius 1 is 1.14 bits per heavy atom. The van der Waals surface area contributed by atoms with Gasteiger partial charge in [-0.1, -0.05) is 12.8 Å². The SMILES string of the molecule is NCC1(C2(O)CCCC2)CCCOC1. The van der Waals surface area contributed by atoms with Crippen LogP contribution in [0.3, 0.4) is 0 Å². The fourth-order valence-corrected chi connectivity index (χ4v) is 3.06. The summed E-state index contributed by atoms with van der Waals surface area (Å²) in [4.78, 5) is 0. The predicted molar refractivity (Wildman–Crippen MR) is 55.0 cm³/mol.